The van der Waals surface area contributed by atoms with Crippen LogP contribution in [0.2, 0.25) is 0 Å². The second-order valence-corrected chi connectivity index (χ2v) is 3.45. The molecule has 0 spiro atoms. The van der Waals surface area contributed by atoms with Gasteiger partial charge in [0.2, 0.25) is 0 Å². The van der Waals surface area contributed by atoms with Gasteiger partial charge in [-0.3, -0.25) is 0 Å². The van der Waals surface area contributed by atoms with Gasteiger partial charge < -0.3 is 4.74 Å². The summed E-state index contributed by atoms with van der Waals surface area (Å²) in [5.74, 6) is 0.599. The SMILES string of the molecule is C1=CC2Cc3ccccc3C2O1. The van der Waals surface area contributed by atoms with Crippen molar-refractivity contribution in [2.45, 2.75) is 12.5 Å². The summed E-state index contributed by atoms with van der Waals surface area (Å²) >= 11 is 0. The average Bonchev–Trinajstić information content (AvgIpc) is 2.62. The highest BCUT2D eigenvalue weighted by atomic mass is 16.5. The molecule has 2 atom stereocenters. The van der Waals surface area contributed by atoms with Crippen LogP contribution in [0.25, 0.3) is 0 Å². The number of fused-ring (bicyclic) bond motifs is 3. The zero-order valence-electron chi connectivity index (χ0n) is 6.73. The first kappa shape index (κ1) is 6.30. The zero-order valence-corrected chi connectivity index (χ0v) is 6.73. The predicted molar refractivity (Wildman–Crippen MR) is 46.6 cm³/mol. The Morgan fingerprint density at radius 2 is 2.17 bits per heavy atom. The fraction of sp³-hybridized carbons (Fsp3) is 0.273. The van der Waals surface area contributed by atoms with Gasteiger partial charge in [-0.2, -0.15) is 0 Å². The highest BCUT2D eigenvalue weighted by Crippen LogP contribution is 2.42. The van der Waals surface area contributed by atoms with Gasteiger partial charge >= 0.3 is 0 Å². The molecule has 1 heteroatoms. The minimum atomic E-state index is 0.321. The quantitative estimate of drug-likeness (QED) is 0.563. The van der Waals surface area contributed by atoms with Gasteiger partial charge in [-0.05, 0) is 23.6 Å². The van der Waals surface area contributed by atoms with Crippen molar-refractivity contribution >= 4 is 0 Å². The predicted octanol–water partition coefficient (Wildman–Crippen LogP) is 2.44. The second kappa shape index (κ2) is 2.13. The third kappa shape index (κ3) is 0.685. The number of rotatable bonds is 0. The fourth-order valence-electron chi connectivity index (χ4n) is 2.16. The van der Waals surface area contributed by atoms with Crippen molar-refractivity contribution in [3.05, 3.63) is 47.7 Å². The van der Waals surface area contributed by atoms with E-state index in [1.54, 1.807) is 0 Å². The highest BCUT2D eigenvalue weighted by molar-refractivity contribution is 5.37. The van der Waals surface area contributed by atoms with Crippen molar-refractivity contribution in [1.29, 1.82) is 0 Å². The molecular weight excluding hydrogens is 148 g/mol. The summed E-state index contributed by atoms with van der Waals surface area (Å²) in [6.45, 7) is 0. The smallest absolute Gasteiger partial charge is 0.130 e. The van der Waals surface area contributed by atoms with Crippen LogP contribution in [0.4, 0.5) is 0 Å². The molecule has 1 heterocycles. The Balaban J connectivity index is 2.12. The highest BCUT2D eigenvalue weighted by Gasteiger charge is 2.34. The molecular formula is C11H10O. The summed E-state index contributed by atoms with van der Waals surface area (Å²) in [5, 5.41) is 0. The van der Waals surface area contributed by atoms with Crippen LogP contribution in [0.15, 0.2) is 36.6 Å². The summed E-state index contributed by atoms with van der Waals surface area (Å²) in [6, 6.07) is 8.56. The Kier molecular flexibility index (Phi) is 1.12. The maximum absolute atomic E-state index is 5.52. The minimum Gasteiger partial charge on any atom is -0.493 e. The van der Waals surface area contributed by atoms with Crippen molar-refractivity contribution in [2.75, 3.05) is 0 Å². The molecule has 0 saturated carbocycles. The van der Waals surface area contributed by atoms with Crippen LogP contribution in [-0.4, -0.2) is 0 Å². The van der Waals surface area contributed by atoms with Crippen LogP contribution in [-0.2, 0) is 11.2 Å². The topological polar surface area (TPSA) is 9.23 Å². The molecule has 0 radical (unpaired) electrons. The van der Waals surface area contributed by atoms with Gasteiger partial charge in [-0.15, -0.1) is 0 Å². The lowest BCUT2D eigenvalue weighted by atomic mass is 10.1. The largest absolute Gasteiger partial charge is 0.493 e. The molecule has 60 valence electrons. The fourth-order valence-corrected chi connectivity index (χ4v) is 2.16. The summed E-state index contributed by atoms with van der Waals surface area (Å²) in [6.07, 6.45) is 5.48. The lowest BCUT2D eigenvalue weighted by molar-refractivity contribution is 0.148. The molecule has 3 rings (SSSR count). The van der Waals surface area contributed by atoms with Crippen LogP contribution in [0.3, 0.4) is 0 Å². The van der Waals surface area contributed by atoms with Crippen LogP contribution >= 0.6 is 0 Å². The van der Waals surface area contributed by atoms with Crippen molar-refractivity contribution in [3.63, 3.8) is 0 Å². The van der Waals surface area contributed by atoms with Crippen LogP contribution in [0.1, 0.15) is 17.2 Å². The van der Waals surface area contributed by atoms with E-state index in [1.807, 2.05) is 6.26 Å². The first-order valence-electron chi connectivity index (χ1n) is 4.35. The van der Waals surface area contributed by atoms with Gasteiger partial charge in [0.25, 0.3) is 0 Å². The van der Waals surface area contributed by atoms with Crippen molar-refractivity contribution in [2.24, 2.45) is 5.92 Å². The Labute approximate surface area is 71.7 Å². The minimum absolute atomic E-state index is 0.321. The lowest BCUT2D eigenvalue weighted by Crippen LogP contribution is -1.99. The summed E-state index contributed by atoms with van der Waals surface area (Å²) in [4.78, 5) is 0. The van der Waals surface area contributed by atoms with E-state index in [1.165, 1.54) is 11.1 Å². The van der Waals surface area contributed by atoms with Crippen LogP contribution in [0.5, 0.6) is 0 Å². The first-order chi connectivity index (χ1) is 5.95. The summed E-state index contributed by atoms with van der Waals surface area (Å²) < 4.78 is 5.52. The molecule has 0 N–H and O–H groups in total. The molecule has 1 aromatic carbocycles. The van der Waals surface area contributed by atoms with E-state index >= 15 is 0 Å². The summed E-state index contributed by atoms with van der Waals surface area (Å²) in [5.41, 5.74) is 2.84. The molecule has 2 aliphatic rings. The van der Waals surface area contributed by atoms with E-state index in [2.05, 4.69) is 30.3 Å². The van der Waals surface area contributed by atoms with Crippen molar-refractivity contribution in [1.82, 2.24) is 0 Å². The number of hydrogen-bond acceptors (Lipinski definition) is 1. The van der Waals surface area contributed by atoms with Gasteiger partial charge in [0.1, 0.15) is 6.10 Å². The molecule has 0 aromatic heterocycles. The molecule has 2 unspecified atom stereocenters. The van der Waals surface area contributed by atoms with Gasteiger partial charge in [-0.25, -0.2) is 0 Å². The normalized spacial score (nSPS) is 29.7. The molecule has 1 nitrogen and oxygen atoms in total. The Morgan fingerprint density at radius 3 is 3.17 bits per heavy atom. The van der Waals surface area contributed by atoms with Crippen LogP contribution in [0, 0.1) is 5.92 Å². The standard InChI is InChI=1S/C11H10O/c1-2-4-10-8(3-1)7-9-5-6-12-11(9)10/h1-6,9,11H,7H2. The molecule has 12 heavy (non-hydrogen) atoms. The molecule has 1 aromatic rings. The van der Waals surface area contributed by atoms with Crippen molar-refractivity contribution < 1.29 is 4.74 Å². The zero-order chi connectivity index (χ0) is 7.97. The average molecular weight is 158 g/mol. The number of benzene rings is 1. The van der Waals surface area contributed by atoms with E-state index in [0.29, 0.717) is 12.0 Å². The molecule has 0 bridgehead atoms. The van der Waals surface area contributed by atoms with Gasteiger partial charge in [0.05, 0.1) is 6.26 Å². The molecule has 0 saturated heterocycles. The Bertz CT molecular complexity index is 341. The Morgan fingerprint density at radius 1 is 1.25 bits per heavy atom. The third-order valence-corrected chi connectivity index (χ3v) is 2.76. The van der Waals surface area contributed by atoms with Crippen molar-refractivity contribution in [3.8, 4) is 0 Å². The lowest BCUT2D eigenvalue weighted by Gasteiger charge is -2.09. The molecule has 0 amide bonds. The van der Waals surface area contributed by atoms with Gasteiger partial charge in [-0.1, -0.05) is 24.3 Å². The third-order valence-electron chi connectivity index (χ3n) is 2.76. The molecule has 1 aliphatic heterocycles. The van der Waals surface area contributed by atoms with E-state index in [-0.39, 0.29) is 0 Å². The number of hydrogen-bond donors (Lipinski definition) is 0. The monoisotopic (exact) mass is 158 g/mol. The van der Waals surface area contributed by atoms with E-state index in [0.717, 1.165) is 6.42 Å². The number of ether oxygens (including phenoxy) is 1. The van der Waals surface area contributed by atoms with E-state index in [9.17, 15) is 0 Å². The maximum atomic E-state index is 5.52. The van der Waals surface area contributed by atoms with Gasteiger partial charge in [0, 0.05) is 5.92 Å². The Hall–Kier alpha value is -1.24. The maximum Gasteiger partial charge on any atom is 0.130 e. The first-order valence-corrected chi connectivity index (χ1v) is 4.35. The van der Waals surface area contributed by atoms with Gasteiger partial charge in [0.15, 0.2) is 0 Å². The molecule has 0 fully saturated rings. The van der Waals surface area contributed by atoms with E-state index < -0.39 is 0 Å². The summed E-state index contributed by atoms with van der Waals surface area (Å²) in [7, 11) is 0. The molecule has 1 aliphatic carbocycles. The van der Waals surface area contributed by atoms with Crippen LogP contribution < -0.4 is 0 Å². The van der Waals surface area contributed by atoms with E-state index in [4.69, 9.17) is 4.74 Å². The second-order valence-electron chi connectivity index (χ2n) is 3.45.